The van der Waals surface area contributed by atoms with Gasteiger partial charge in [-0.25, -0.2) is 14.4 Å². The first-order chi connectivity index (χ1) is 15.5. The van der Waals surface area contributed by atoms with E-state index in [1.54, 1.807) is 25.4 Å². The lowest BCUT2D eigenvalue weighted by molar-refractivity contribution is 0.129. The van der Waals surface area contributed by atoms with Crippen molar-refractivity contribution in [1.82, 2.24) is 24.6 Å². The third kappa shape index (κ3) is 3.09. The molecule has 32 heavy (non-hydrogen) atoms. The van der Waals surface area contributed by atoms with Gasteiger partial charge in [0.05, 0.1) is 22.6 Å². The summed E-state index contributed by atoms with van der Waals surface area (Å²) in [5.74, 6) is -1.27. The number of benzene rings is 1. The average Bonchev–Trinajstić information content (AvgIpc) is 3.36. The highest BCUT2D eigenvalue weighted by atomic mass is 35.5. The number of fused-ring (bicyclic) bond motifs is 2. The molecule has 3 aromatic heterocycles. The summed E-state index contributed by atoms with van der Waals surface area (Å²) in [7, 11) is 1.70. The highest BCUT2D eigenvalue weighted by Crippen LogP contribution is 2.38. The summed E-state index contributed by atoms with van der Waals surface area (Å²) >= 11 is 6.62. The number of pyridine rings is 2. The minimum absolute atomic E-state index is 0.116. The van der Waals surface area contributed by atoms with E-state index in [0.29, 0.717) is 27.8 Å². The third-order valence-electron chi connectivity index (χ3n) is 6.64. The second kappa shape index (κ2) is 7.28. The zero-order valence-corrected chi connectivity index (χ0v) is 18.3. The summed E-state index contributed by atoms with van der Waals surface area (Å²) in [6.07, 6.45) is 5.96. The molecule has 0 radical (unpaired) electrons. The molecule has 0 amide bonds. The fourth-order valence-corrected chi connectivity index (χ4v) is 5.02. The molecule has 0 bridgehead atoms. The first-order valence-corrected chi connectivity index (χ1v) is 11.2. The molecule has 7 nitrogen and oxygen atoms in total. The first kappa shape index (κ1) is 19.7. The maximum atomic E-state index is 14.7. The van der Waals surface area contributed by atoms with Crippen LogP contribution in [0.4, 0.5) is 10.1 Å². The number of aryl methyl sites for hydroxylation is 1. The molecule has 6 rings (SSSR count). The van der Waals surface area contributed by atoms with Gasteiger partial charge in [0.25, 0.3) is 0 Å². The molecular weight excluding hydrogens is 431 g/mol. The van der Waals surface area contributed by atoms with Crippen molar-refractivity contribution in [2.45, 2.75) is 18.9 Å². The van der Waals surface area contributed by atoms with E-state index in [9.17, 15) is 9.50 Å². The number of likely N-dealkylation sites (tertiary alicyclic amines) is 1. The Morgan fingerprint density at radius 2 is 2.03 bits per heavy atom. The third-order valence-corrected chi connectivity index (χ3v) is 6.95. The lowest BCUT2D eigenvalue weighted by atomic mass is 10.1. The Hall–Kier alpha value is -2.97. The van der Waals surface area contributed by atoms with Gasteiger partial charge in [-0.05, 0) is 44.1 Å². The molecule has 1 atom stereocenters. The van der Waals surface area contributed by atoms with Crippen LogP contribution < -0.4 is 4.90 Å². The molecule has 2 aliphatic heterocycles. The van der Waals surface area contributed by atoms with E-state index in [2.05, 4.69) is 24.9 Å². The standard InChI is InChI=1S/C23H22ClFN6O/c1-29-11-13-7-17(22(32)20(25)21(13)28-29)19-9-18(24)16-8-15(10-26-23(16)27-19)31-6-3-14(12-31)30-4-2-5-30/h7-11,14,32H,2-6,12H2,1H3/t14-/m1/s1. The van der Waals surface area contributed by atoms with Crippen LogP contribution >= 0.6 is 11.6 Å². The maximum Gasteiger partial charge on any atom is 0.193 e. The largest absolute Gasteiger partial charge is 0.504 e. The smallest absolute Gasteiger partial charge is 0.193 e. The molecule has 1 aromatic carbocycles. The number of phenolic OH excluding ortho intramolecular Hbond substituents is 1. The van der Waals surface area contributed by atoms with E-state index >= 15 is 0 Å². The summed E-state index contributed by atoms with van der Waals surface area (Å²) in [6, 6.07) is 5.94. The predicted octanol–water partition coefficient (Wildman–Crippen LogP) is 3.97. The van der Waals surface area contributed by atoms with Crippen LogP contribution in [0, 0.1) is 5.82 Å². The van der Waals surface area contributed by atoms with Crippen molar-refractivity contribution in [2.24, 2.45) is 7.05 Å². The van der Waals surface area contributed by atoms with Gasteiger partial charge in [-0.3, -0.25) is 9.58 Å². The SMILES string of the molecule is Cn1cc2cc(-c3cc(Cl)c4cc(N5CC[C@@H](N6CCC6)C5)cnc4n3)c(O)c(F)c2n1. The summed E-state index contributed by atoms with van der Waals surface area (Å²) in [4.78, 5) is 14.0. The molecule has 0 spiro atoms. The molecule has 0 saturated carbocycles. The summed E-state index contributed by atoms with van der Waals surface area (Å²) in [5.41, 5.74) is 2.23. The van der Waals surface area contributed by atoms with Gasteiger partial charge < -0.3 is 10.0 Å². The lowest BCUT2D eigenvalue weighted by Crippen LogP contribution is -2.46. The number of hydrogen-bond acceptors (Lipinski definition) is 6. The van der Waals surface area contributed by atoms with Gasteiger partial charge in [-0.15, -0.1) is 0 Å². The van der Waals surface area contributed by atoms with Gasteiger partial charge in [-0.1, -0.05) is 11.6 Å². The molecule has 2 aliphatic rings. The van der Waals surface area contributed by atoms with Gasteiger partial charge in [0.1, 0.15) is 5.52 Å². The average molecular weight is 453 g/mol. The van der Waals surface area contributed by atoms with Crippen molar-refractivity contribution in [1.29, 1.82) is 0 Å². The molecule has 4 aromatic rings. The fourth-order valence-electron chi connectivity index (χ4n) is 4.78. The van der Waals surface area contributed by atoms with Crippen molar-refractivity contribution < 1.29 is 9.50 Å². The number of aromatic nitrogens is 4. The van der Waals surface area contributed by atoms with Crippen molar-refractivity contribution in [3.05, 3.63) is 41.4 Å². The van der Waals surface area contributed by atoms with Crippen molar-refractivity contribution >= 4 is 39.2 Å². The number of rotatable bonds is 3. The van der Waals surface area contributed by atoms with Crippen LogP contribution in [0.5, 0.6) is 5.75 Å². The van der Waals surface area contributed by atoms with E-state index in [1.807, 2.05) is 12.3 Å². The van der Waals surface area contributed by atoms with Crippen molar-refractivity contribution in [3.8, 4) is 17.0 Å². The lowest BCUT2D eigenvalue weighted by Gasteiger charge is -2.36. The predicted molar refractivity (Wildman–Crippen MR) is 123 cm³/mol. The summed E-state index contributed by atoms with van der Waals surface area (Å²) in [5, 5.41) is 16.3. The molecule has 5 heterocycles. The number of anilines is 1. The van der Waals surface area contributed by atoms with E-state index < -0.39 is 11.6 Å². The van der Waals surface area contributed by atoms with Crippen LogP contribution in [-0.4, -0.2) is 62.0 Å². The van der Waals surface area contributed by atoms with Crippen LogP contribution in [0.15, 0.2) is 30.6 Å². The Bertz CT molecular complexity index is 1370. The minimum Gasteiger partial charge on any atom is -0.504 e. The number of hydrogen-bond donors (Lipinski definition) is 1. The Balaban J connectivity index is 1.37. The fraction of sp³-hybridized carbons (Fsp3) is 0.348. The van der Waals surface area contributed by atoms with Crippen LogP contribution in [-0.2, 0) is 7.05 Å². The van der Waals surface area contributed by atoms with Gasteiger partial charge >= 0.3 is 0 Å². The quantitative estimate of drug-likeness (QED) is 0.507. The number of nitrogens with zero attached hydrogens (tertiary/aromatic N) is 6. The molecular formula is C23H22ClFN6O. The number of halogens is 2. The summed E-state index contributed by atoms with van der Waals surface area (Å²) < 4.78 is 16.2. The van der Waals surface area contributed by atoms with Crippen molar-refractivity contribution in [2.75, 3.05) is 31.1 Å². The van der Waals surface area contributed by atoms with Crippen LogP contribution in [0.2, 0.25) is 5.02 Å². The van der Waals surface area contributed by atoms with Gasteiger partial charge in [0.15, 0.2) is 17.2 Å². The van der Waals surface area contributed by atoms with Gasteiger partial charge in [0, 0.05) is 48.7 Å². The number of aromatic hydroxyl groups is 1. The van der Waals surface area contributed by atoms with Gasteiger partial charge in [-0.2, -0.15) is 5.10 Å². The maximum absolute atomic E-state index is 14.7. The molecule has 164 valence electrons. The Morgan fingerprint density at radius 3 is 2.81 bits per heavy atom. The van der Waals surface area contributed by atoms with E-state index in [4.69, 9.17) is 11.6 Å². The van der Waals surface area contributed by atoms with E-state index in [1.165, 1.54) is 24.2 Å². The Kier molecular flexibility index (Phi) is 4.48. The van der Waals surface area contributed by atoms with E-state index in [0.717, 1.165) is 30.6 Å². The first-order valence-electron chi connectivity index (χ1n) is 10.8. The second-order valence-corrected chi connectivity index (χ2v) is 9.07. The monoisotopic (exact) mass is 452 g/mol. The highest BCUT2D eigenvalue weighted by molar-refractivity contribution is 6.35. The Morgan fingerprint density at radius 1 is 1.19 bits per heavy atom. The topological polar surface area (TPSA) is 70.3 Å². The molecule has 2 saturated heterocycles. The van der Waals surface area contributed by atoms with Crippen LogP contribution in [0.1, 0.15) is 12.8 Å². The zero-order valence-electron chi connectivity index (χ0n) is 17.6. The van der Waals surface area contributed by atoms with Crippen molar-refractivity contribution in [3.63, 3.8) is 0 Å². The molecule has 1 N–H and O–H groups in total. The van der Waals surface area contributed by atoms with Crippen LogP contribution in [0.25, 0.3) is 33.2 Å². The van der Waals surface area contributed by atoms with E-state index in [-0.39, 0.29) is 11.1 Å². The normalized spacial score (nSPS) is 19.2. The molecule has 9 heteroatoms. The molecule has 0 unspecified atom stereocenters. The number of phenols is 1. The summed E-state index contributed by atoms with van der Waals surface area (Å²) in [6.45, 7) is 4.39. The van der Waals surface area contributed by atoms with Crippen LogP contribution in [0.3, 0.4) is 0 Å². The Labute approximate surface area is 189 Å². The second-order valence-electron chi connectivity index (χ2n) is 8.66. The minimum atomic E-state index is -0.773. The van der Waals surface area contributed by atoms with Gasteiger partial charge in [0.2, 0.25) is 0 Å². The highest BCUT2D eigenvalue weighted by Gasteiger charge is 2.31. The zero-order chi connectivity index (χ0) is 22.0. The molecule has 2 fully saturated rings. The molecule has 0 aliphatic carbocycles.